The van der Waals surface area contributed by atoms with E-state index in [-0.39, 0.29) is 11.5 Å². The molecule has 0 bridgehead atoms. The normalized spacial score (nSPS) is 15.2. The molecule has 0 aliphatic carbocycles. The first-order chi connectivity index (χ1) is 13.2. The second-order valence-electron chi connectivity index (χ2n) is 5.42. The second kappa shape index (κ2) is 8.52. The van der Waals surface area contributed by atoms with E-state index in [1.807, 2.05) is 42.5 Å². The molecule has 0 spiro atoms. The highest BCUT2D eigenvalue weighted by molar-refractivity contribution is 6.08. The summed E-state index contributed by atoms with van der Waals surface area (Å²) in [5.41, 5.74) is 1.92. The molecule has 1 aliphatic heterocycles. The van der Waals surface area contributed by atoms with Gasteiger partial charge in [0.15, 0.2) is 17.3 Å². The minimum atomic E-state index is -0.621. The SMILES string of the molecule is C=C1N=NC(=O)N/C1=N/N=C/c1cccc(OC)c1OCc1ccccc1. The molecule has 0 saturated heterocycles. The largest absolute Gasteiger partial charge is 0.493 e. The van der Waals surface area contributed by atoms with E-state index in [0.29, 0.717) is 23.7 Å². The van der Waals surface area contributed by atoms with Crippen molar-refractivity contribution in [1.82, 2.24) is 5.32 Å². The lowest BCUT2D eigenvalue weighted by molar-refractivity contribution is 0.251. The second-order valence-corrected chi connectivity index (χ2v) is 5.42. The number of hydrogen-bond donors (Lipinski definition) is 1. The van der Waals surface area contributed by atoms with E-state index in [0.717, 1.165) is 5.56 Å². The quantitative estimate of drug-likeness (QED) is 0.626. The van der Waals surface area contributed by atoms with Crippen molar-refractivity contribution in [3.05, 3.63) is 71.9 Å². The van der Waals surface area contributed by atoms with Crippen LogP contribution >= 0.6 is 0 Å². The number of urea groups is 1. The number of amides is 2. The zero-order valence-electron chi connectivity index (χ0n) is 14.6. The highest BCUT2D eigenvalue weighted by Gasteiger charge is 2.14. The zero-order valence-corrected chi connectivity index (χ0v) is 14.6. The molecule has 2 aromatic carbocycles. The first-order valence-corrected chi connectivity index (χ1v) is 8.04. The number of carbonyl (C=O) groups is 1. The van der Waals surface area contributed by atoms with Crippen LogP contribution in [0.2, 0.25) is 0 Å². The van der Waals surface area contributed by atoms with Gasteiger partial charge in [-0.15, -0.1) is 10.2 Å². The topological polar surface area (TPSA) is 97.0 Å². The van der Waals surface area contributed by atoms with Crippen LogP contribution in [-0.4, -0.2) is 25.2 Å². The van der Waals surface area contributed by atoms with Crippen LogP contribution in [0, 0.1) is 0 Å². The summed E-state index contributed by atoms with van der Waals surface area (Å²) in [6.45, 7) is 4.02. The molecule has 1 heterocycles. The number of para-hydroxylation sites is 1. The van der Waals surface area contributed by atoms with Crippen LogP contribution in [0.25, 0.3) is 0 Å². The lowest BCUT2D eigenvalue weighted by Crippen LogP contribution is -2.31. The number of hydrogen-bond acceptors (Lipinski definition) is 6. The van der Waals surface area contributed by atoms with Gasteiger partial charge in [0.05, 0.1) is 13.3 Å². The molecule has 8 heteroatoms. The van der Waals surface area contributed by atoms with Gasteiger partial charge in [-0.2, -0.15) is 5.10 Å². The Kier molecular flexibility index (Phi) is 5.68. The van der Waals surface area contributed by atoms with Crippen molar-refractivity contribution in [3.8, 4) is 11.5 Å². The molecule has 8 nitrogen and oxygen atoms in total. The summed E-state index contributed by atoms with van der Waals surface area (Å²) < 4.78 is 11.3. The van der Waals surface area contributed by atoms with Crippen molar-refractivity contribution in [2.24, 2.45) is 20.4 Å². The fraction of sp³-hybridized carbons (Fsp3) is 0.105. The number of azo groups is 1. The number of benzene rings is 2. The lowest BCUT2D eigenvalue weighted by atomic mass is 10.2. The van der Waals surface area contributed by atoms with Crippen LogP contribution in [0.4, 0.5) is 4.79 Å². The molecule has 3 rings (SSSR count). The van der Waals surface area contributed by atoms with E-state index in [4.69, 9.17) is 9.47 Å². The maximum absolute atomic E-state index is 11.2. The summed E-state index contributed by atoms with van der Waals surface area (Å²) in [5.74, 6) is 1.26. The molecule has 0 aromatic heterocycles. The lowest BCUT2D eigenvalue weighted by Gasteiger charge is -2.13. The summed E-state index contributed by atoms with van der Waals surface area (Å²) in [7, 11) is 1.57. The molecular formula is C19H17N5O3. The Hall–Kier alpha value is -3.81. The third kappa shape index (κ3) is 4.63. The van der Waals surface area contributed by atoms with Crippen LogP contribution in [0.15, 0.2) is 81.2 Å². The van der Waals surface area contributed by atoms with Crippen LogP contribution in [0.3, 0.4) is 0 Å². The summed E-state index contributed by atoms with van der Waals surface area (Å²) in [5, 5.41) is 17.3. The molecule has 1 N–H and O–H groups in total. The standard InChI is InChI=1S/C19H17N5O3/c1-13-18(21-19(25)24-22-13)23-20-11-15-9-6-10-16(26-2)17(15)27-12-14-7-4-3-5-8-14/h3-11H,1,12H2,2H3,(H,21,23,25)/b20-11+. The molecule has 2 aromatic rings. The van der Waals surface area contributed by atoms with Crippen LogP contribution in [-0.2, 0) is 6.61 Å². The summed E-state index contributed by atoms with van der Waals surface area (Å²) in [4.78, 5) is 11.2. The fourth-order valence-electron chi connectivity index (χ4n) is 2.26. The zero-order chi connectivity index (χ0) is 19.1. The molecule has 0 radical (unpaired) electrons. The van der Waals surface area contributed by atoms with E-state index in [2.05, 4.69) is 32.3 Å². The Morgan fingerprint density at radius 3 is 2.74 bits per heavy atom. The minimum Gasteiger partial charge on any atom is -0.493 e. The predicted octanol–water partition coefficient (Wildman–Crippen LogP) is 3.70. The predicted molar refractivity (Wildman–Crippen MR) is 101 cm³/mol. The molecule has 27 heavy (non-hydrogen) atoms. The molecule has 0 saturated carbocycles. The smallest absolute Gasteiger partial charge is 0.365 e. The van der Waals surface area contributed by atoms with Gasteiger partial charge in [-0.3, -0.25) is 5.32 Å². The monoisotopic (exact) mass is 363 g/mol. The van der Waals surface area contributed by atoms with Crippen molar-refractivity contribution in [1.29, 1.82) is 0 Å². The summed E-state index contributed by atoms with van der Waals surface area (Å²) in [6, 6.07) is 14.6. The number of rotatable bonds is 6. The van der Waals surface area contributed by atoms with E-state index in [1.165, 1.54) is 6.21 Å². The van der Waals surface area contributed by atoms with Crippen molar-refractivity contribution < 1.29 is 14.3 Å². The highest BCUT2D eigenvalue weighted by atomic mass is 16.5. The van der Waals surface area contributed by atoms with Gasteiger partial charge >= 0.3 is 6.03 Å². The van der Waals surface area contributed by atoms with Crippen molar-refractivity contribution in [2.45, 2.75) is 6.61 Å². The Morgan fingerprint density at radius 2 is 1.96 bits per heavy atom. The van der Waals surface area contributed by atoms with Gasteiger partial charge in [0.2, 0.25) is 0 Å². The van der Waals surface area contributed by atoms with Crippen LogP contribution in [0.1, 0.15) is 11.1 Å². The molecule has 0 fully saturated rings. The van der Waals surface area contributed by atoms with Gasteiger partial charge in [-0.05, 0) is 17.7 Å². The number of carbonyl (C=O) groups excluding carboxylic acids is 1. The van der Waals surface area contributed by atoms with Crippen LogP contribution in [0.5, 0.6) is 11.5 Å². The summed E-state index contributed by atoms with van der Waals surface area (Å²) >= 11 is 0. The Balaban J connectivity index is 1.81. The number of nitrogens with one attached hydrogen (secondary N) is 1. The molecule has 0 unspecified atom stereocenters. The van der Waals surface area contributed by atoms with E-state index in [1.54, 1.807) is 13.2 Å². The Morgan fingerprint density at radius 1 is 1.15 bits per heavy atom. The van der Waals surface area contributed by atoms with Gasteiger partial charge in [0.25, 0.3) is 0 Å². The summed E-state index contributed by atoms with van der Waals surface area (Å²) in [6.07, 6.45) is 1.50. The maximum Gasteiger partial charge on any atom is 0.365 e. The Bertz CT molecular complexity index is 936. The first kappa shape index (κ1) is 18.0. The minimum absolute atomic E-state index is 0.140. The maximum atomic E-state index is 11.2. The van der Waals surface area contributed by atoms with Gasteiger partial charge < -0.3 is 9.47 Å². The van der Waals surface area contributed by atoms with Crippen molar-refractivity contribution in [2.75, 3.05) is 7.11 Å². The van der Waals surface area contributed by atoms with E-state index in [9.17, 15) is 4.79 Å². The van der Waals surface area contributed by atoms with Gasteiger partial charge in [-0.25, -0.2) is 4.79 Å². The van der Waals surface area contributed by atoms with Gasteiger partial charge in [0.1, 0.15) is 12.3 Å². The third-order valence-electron chi connectivity index (χ3n) is 3.57. The molecular weight excluding hydrogens is 346 g/mol. The average Bonchev–Trinajstić information content (AvgIpc) is 2.70. The molecule has 1 aliphatic rings. The van der Waals surface area contributed by atoms with Gasteiger partial charge in [-0.1, -0.05) is 48.1 Å². The fourth-order valence-corrected chi connectivity index (χ4v) is 2.26. The first-order valence-electron chi connectivity index (χ1n) is 8.04. The Labute approximate surface area is 155 Å². The number of amidine groups is 1. The van der Waals surface area contributed by atoms with E-state index < -0.39 is 6.03 Å². The number of ether oxygens (including phenoxy) is 2. The molecule has 136 valence electrons. The van der Waals surface area contributed by atoms with Gasteiger partial charge in [0, 0.05) is 5.56 Å². The highest BCUT2D eigenvalue weighted by Crippen LogP contribution is 2.30. The van der Waals surface area contributed by atoms with Crippen molar-refractivity contribution in [3.63, 3.8) is 0 Å². The molecule has 2 amide bonds. The average molecular weight is 363 g/mol. The van der Waals surface area contributed by atoms with Crippen molar-refractivity contribution >= 4 is 18.1 Å². The van der Waals surface area contributed by atoms with E-state index >= 15 is 0 Å². The number of methoxy groups -OCH3 is 1. The van der Waals surface area contributed by atoms with Crippen LogP contribution < -0.4 is 14.8 Å². The molecule has 0 atom stereocenters. The third-order valence-corrected chi connectivity index (χ3v) is 3.57. The number of nitrogens with zero attached hydrogens (tertiary/aromatic N) is 4.